The normalized spacial score (nSPS) is 9.65. The molecule has 0 unspecified atom stereocenters. The molecule has 1 heterocycles. The Balaban J connectivity index is 2.25. The smallest absolute Gasteiger partial charge is 0.265 e. The molecule has 2 aromatic rings. The third-order valence-electron chi connectivity index (χ3n) is 2.36. The molecular formula is C13H10N2OS. The third kappa shape index (κ3) is 2.52. The van der Waals surface area contributed by atoms with Gasteiger partial charge in [0.25, 0.3) is 5.91 Å². The minimum atomic E-state index is -0.141. The van der Waals surface area contributed by atoms with Crippen LogP contribution in [0.5, 0.6) is 0 Å². The van der Waals surface area contributed by atoms with Crippen molar-refractivity contribution >= 4 is 22.9 Å². The van der Waals surface area contributed by atoms with Crippen molar-refractivity contribution in [3.63, 3.8) is 0 Å². The Morgan fingerprint density at radius 2 is 2.24 bits per heavy atom. The number of amides is 1. The third-order valence-corrected chi connectivity index (χ3v) is 3.23. The molecule has 0 bridgehead atoms. The summed E-state index contributed by atoms with van der Waals surface area (Å²) in [6.45, 7) is 1.89. The number of aryl methyl sites for hydroxylation is 1. The highest BCUT2D eigenvalue weighted by atomic mass is 32.1. The van der Waals surface area contributed by atoms with E-state index >= 15 is 0 Å². The van der Waals surface area contributed by atoms with E-state index in [1.165, 1.54) is 11.3 Å². The van der Waals surface area contributed by atoms with E-state index in [4.69, 9.17) is 5.26 Å². The van der Waals surface area contributed by atoms with E-state index in [9.17, 15) is 4.79 Å². The summed E-state index contributed by atoms with van der Waals surface area (Å²) in [5, 5.41) is 13.5. The van der Waals surface area contributed by atoms with Gasteiger partial charge in [-0.2, -0.15) is 5.26 Å². The number of nitrogens with one attached hydrogen (secondary N) is 1. The molecule has 0 fully saturated rings. The molecule has 0 spiro atoms. The van der Waals surface area contributed by atoms with Gasteiger partial charge in [0.05, 0.1) is 16.5 Å². The van der Waals surface area contributed by atoms with Gasteiger partial charge in [0.1, 0.15) is 0 Å². The molecule has 0 radical (unpaired) electrons. The summed E-state index contributed by atoms with van der Waals surface area (Å²) in [6.07, 6.45) is 0. The Kier molecular flexibility index (Phi) is 3.22. The summed E-state index contributed by atoms with van der Waals surface area (Å²) in [4.78, 5) is 12.5. The number of benzene rings is 1. The first-order chi connectivity index (χ1) is 8.20. The number of hydrogen-bond donors (Lipinski definition) is 1. The molecule has 2 rings (SSSR count). The van der Waals surface area contributed by atoms with Gasteiger partial charge < -0.3 is 5.32 Å². The fraction of sp³-hybridized carbons (Fsp3) is 0.0769. The summed E-state index contributed by atoms with van der Waals surface area (Å²) < 4.78 is 0. The minimum Gasteiger partial charge on any atom is -0.321 e. The molecular weight excluding hydrogens is 232 g/mol. The lowest BCUT2D eigenvalue weighted by molar-refractivity contribution is 0.103. The second-order valence-electron chi connectivity index (χ2n) is 3.57. The van der Waals surface area contributed by atoms with Crippen molar-refractivity contribution in [2.24, 2.45) is 0 Å². The maximum Gasteiger partial charge on any atom is 0.265 e. The number of carbonyl (C=O) groups excluding carboxylic acids is 1. The average Bonchev–Trinajstić information content (AvgIpc) is 2.85. The zero-order chi connectivity index (χ0) is 12.3. The zero-order valence-corrected chi connectivity index (χ0v) is 10.0. The minimum absolute atomic E-state index is 0.141. The first-order valence-electron chi connectivity index (χ1n) is 5.06. The Bertz CT molecular complexity index is 582. The highest BCUT2D eigenvalue weighted by molar-refractivity contribution is 7.12. The van der Waals surface area contributed by atoms with Crippen LogP contribution in [0.25, 0.3) is 0 Å². The summed E-state index contributed by atoms with van der Waals surface area (Å²) in [7, 11) is 0. The van der Waals surface area contributed by atoms with Crippen LogP contribution < -0.4 is 5.32 Å². The van der Waals surface area contributed by atoms with Gasteiger partial charge in [0, 0.05) is 5.69 Å². The summed E-state index contributed by atoms with van der Waals surface area (Å²) >= 11 is 1.39. The SMILES string of the molecule is Cc1ccc(C#N)cc1NC(=O)c1cccs1. The van der Waals surface area contributed by atoms with Gasteiger partial charge in [-0.1, -0.05) is 12.1 Å². The van der Waals surface area contributed by atoms with Crippen LogP contribution in [-0.2, 0) is 0 Å². The molecule has 1 N–H and O–H groups in total. The molecule has 3 nitrogen and oxygen atoms in total. The van der Waals surface area contributed by atoms with Crippen molar-refractivity contribution in [3.05, 3.63) is 51.7 Å². The van der Waals surface area contributed by atoms with Crippen molar-refractivity contribution in [2.75, 3.05) is 5.32 Å². The largest absolute Gasteiger partial charge is 0.321 e. The van der Waals surface area contributed by atoms with E-state index in [0.29, 0.717) is 16.1 Å². The van der Waals surface area contributed by atoms with Gasteiger partial charge in [-0.05, 0) is 36.1 Å². The second kappa shape index (κ2) is 4.81. The Labute approximate surface area is 103 Å². The first-order valence-corrected chi connectivity index (χ1v) is 5.94. The molecule has 0 aliphatic carbocycles. The Hall–Kier alpha value is -2.12. The van der Waals surface area contributed by atoms with Crippen LogP contribution in [0.4, 0.5) is 5.69 Å². The molecule has 4 heteroatoms. The number of nitrogens with zero attached hydrogens (tertiary/aromatic N) is 1. The number of nitriles is 1. The molecule has 1 amide bonds. The molecule has 0 aliphatic rings. The fourth-order valence-electron chi connectivity index (χ4n) is 1.42. The number of carbonyl (C=O) groups is 1. The Morgan fingerprint density at radius 1 is 1.41 bits per heavy atom. The highest BCUT2D eigenvalue weighted by Gasteiger charge is 2.08. The van der Waals surface area contributed by atoms with Gasteiger partial charge >= 0.3 is 0 Å². The van der Waals surface area contributed by atoms with E-state index in [1.807, 2.05) is 24.4 Å². The topological polar surface area (TPSA) is 52.9 Å². The molecule has 84 valence electrons. The fourth-order valence-corrected chi connectivity index (χ4v) is 2.04. The molecule has 17 heavy (non-hydrogen) atoms. The van der Waals surface area contributed by atoms with Crippen LogP contribution in [0.2, 0.25) is 0 Å². The van der Waals surface area contributed by atoms with Crippen LogP contribution in [-0.4, -0.2) is 5.91 Å². The maximum atomic E-state index is 11.8. The maximum absolute atomic E-state index is 11.8. The number of thiophene rings is 1. The summed E-state index contributed by atoms with van der Waals surface area (Å²) in [6, 6.07) is 10.9. The molecule has 0 saturated carbocycles. The molecule has 0 aliphatic heterocycles. The molecule has 0 atom stereocenters. The Morgan fingerprint density at radius 3 is 2.88 bits per heavy atom. The summed E-state index contributed by atoms with van der Waals surface area (Å²) in [5.74, 6) is -0.141. The second-order valence-corrected chi connectivity index (χ2v) is 4.52. The van der Waals surface area contributed by atoms with Gasteiger partial charge in [0.15, 0.2) is 0 Å². The van der Waals surface area contributed by atoms with Gasteiger partial charge in [-0.15, -0.1) is 11.3 Å². The monoisotopic (exact) mass is 242 g/mol. The number of hydrogen-bond acceptors (Lipinski definition) is 3. The van der Waals surface area contributed by atoms with Gasteiger partial charge in [0.2, 0.25) is 0 Å². The highest BCUT2D eigenvalue weighted by Crippen LogP contribution is 2.18. The molecule has 1 aromatic heterocycles. The summed E-state index contributed by atoms with van der Waals surface area (Å²) in [5.41, 5.74) is 2.16. The lowest BCUT2D eigenvalue weighted by atomic mass is 10.1. The van der Waals surface area contributed by atoms with E-state index < -0.39 is 0 Å². The first kappa shape index (κ1) is 11.4. The van der Waals surface area contributed by atoms with Crippen molar-refractivity contribution in [3.8, 4) is 6.07 Å². The number of rotatable bonds is 2. The van der Waals surface area contributed by atoms with Gasteiger partial charge in [-0.25, -0.2) is 0 Å². The van der Waals surface area contributed by atoms with Crippen LogP contribution in [0.3, 0.4) is 0 Å². The van der Waals surface area contributed by atoms with Crippen molar-refractivity contribution < 1.29 is 4.79 Å². The van der Waals surface area contributed by atoms with E-state index in [0.717, 1.165) is 5.56 Å². The lowest BCUT2D eigenvalue weighted by Gasteiger charge is -2.07. The van der Waals surface area contributed by atoms with Crippen molar-refractivity contribution in [1.29, 1.82) is 5.26 Å². The van der Waals surface area contributed by atoms with Gasteiger partial charge in [-0.3, -0.25) is 4.79 Å². The van der Waals surface area contributed by atoms with E-state index in [-0.39, 0.29) is 5.91 Å². The van der Waals surface area contributed by atoms with Crippen LogP contribution in [0.15, 0.2) is 35.7 Å². The molecule has 0 saturated heterocycles. The number of anilines is 1. The van der Waals surface area contributed by atoms with E-state index in [1.54, 1.807) is 18.2 Å². The van der Waals surface area contributed by atoms with Crippen LogP contribution in [0.1, 0.15) is 20.8 Å². The van der Waals surface area contributed by atoms with Crippen LogP contribution in [0, 0.1) is 18.3 Å². The predicted molar refractivity (Wildman–Crippen MR) is 68.2 cm³/mol. The lowest BCUT2D eigenvalue weighted by Crippen LogP contribution is -2.11. The van der Waals surface area contributed by atoms with E-state index in [2.05, 4.69) is 11.4 Å². The molecule has 1 aromatic carbocycles. The van der Waals surface area contributed by atoms with Crippen molar-refractivity contribution in [2.45, 2.75) is 6.92 Å². The standard InChI is InChI=1S/C13H10N2OS/c1-9-4-5-10(8-14)7-11(9)15-13(16)12-3-2-6-17-12/h2-7H,1H3,(H,15,16). The zero-order valence-electron chi connectivity index (χ0n) is 9.23. The predicted octanol–water partition coefficient (Wildman–Crippen LogP) is 3.18. The average molecular weight is 242 g/mol. The van der Waals surface area contributed by atoms with Crippen LogP contribution >= 0.6 is 11.3 Å². The van der Waals surface area contributed by atoms with Crippen molar-refractivity contribution in [1.82, 2.24) is 0 Å². The quantitative estimate of drug-likeness (QED) is 0.879.